The molecule has 3 rings (SSSR count). The summed E-state index contributed by atoms with van der Waals surface area (Å²) in [4.78, 5) is 0.129. The maximum Gasteiger partial charge on any atom is 0.266 e. The van der Waals surface area contributed by atoms with Gasteiger partial charge in [0.15, 0.2) is 5.82 Å². The fourth-order valence-electron chi connectivity index (χ4n) is 2.59. The summed E-state index contributed by atoms with van der Waals surface area (Å²) in [6.07, 6.45) is 0.857. The molecule has 0 aliphatic carbocycles. The smallest absolute Gasteiger partial charge is 0.266 e. The molecule has 136 valence electrons. The SMILES string of the molecule is Cc1n[nH]c(C)c1S(=O)(=O)Nc1ccc(NCCc2ccccc2)nn1. The Balaban J connectivity index is 1.61. The molecule has 9 heteroatoms. The van der Waals surface area contributed by atoms with E-state index >= 15 is 0 Å². The quantitative estimate of drug-likeness (QED) is 0.586. The minimum atomic E-state index is -3.76. The second kappa shape index (κ2) is 7.52. The van der Waals surface area contributed by atoms with Gasteiger partial charge in [0.05, 0.1) is 11.4 Å². The number of hydrogen-bond donors (Lipinski definition) is 3. The molecule has 26 heavy (non-hydrogen) atoms. The van der Waals surface area contributed by atoms with Gasteiger partial charge in [-0.25, -0.2) is 8.42 Å². The van der Waals surface area contributed by atoms with Crippen LogP contribution in [0.5, 0.6) is 0 Å². The van der Waals surface area contributed by atoms with Gasteiger partial charge in [-0.05, 0) is 38.0 Å². The number of hydrogen-bond acceptors (Lipinski definition) is 6. The molecule has 2 aromatic heterocycles. The molecule has 0 saturated heterocycles. The first-order valence-electron chi connectivity index (χ1n) is 8.11. The van der Waals surface area contributed by atoms with Crippen LogP contribution in [0.2, 0.25) is 0 Å². The van der Waals surface area contributed by atoms with Gasteiger partial charge in [0, 0.05) is 6.54 Å². The minimum absolute atomic E-state index is 0.129. The van der Waals surface area contributed by atoms with Crippen molar-refractivity contribution in [1.82, 2.24) is 20.4 Å². The molecule has 3 N–H and O–H groups in total. The van der Waals surface area contributed by atoms with Crippen LogP contribution in [0.1, 0.15) is 17.0 Å². The van der Waals surface area contributed by atoms with E-state index in [1.165, 1.54) is 5.56 Å². The fourth-order valence-corrected chi connectivity index (χ4v) is 3.96. The van der Waals surface area contributed by atoms with Crippen molar-refractivity contribution in [2.24, 2.45) is 0 Å². The highest BCUT2D eigenvalue weighted by atomic mass is 32.2. The first-order valence-corrected chi connectivity index (χ1v) is 9.60. The molecule has 8 nitrogen and oxygen atoms in total. The Morgan fingerprint density at radius 3 is 2.31 bits per heavy atom. The molecule has 0 aliphatic rings. The molecule has 0 radical (unpaired) electrons. The first kappa shape index (κ1) is 17.9. The van der Waals surface area contributed by atoms with E-state index in [2.05, 4.69) is 42.6 Å². The van der Waals surface area contributed by atoms with E-state index in [9.17, 15) is 8.42 Å². The zero-order chi connectivity index (χ0) is 18.6. The van der Waals surface area contributed by atoms with Gasteiger partial charge in [-0.15, -0.1) is 10.2 Å². The lowest BCUT2D eigenvalue weighted by atomic mass is 10.1. The second-order valence-corrected chi connectivity index (χ2v) is 7.45. The summed E-state index contributed by atoms with van der Waals surface area (Å²) in [5.41, 5.74) is 2.10. The van der Waals surface area contributed by atoms with Crippen LogP contribution in [0.3, 0.4) is 0 Å². The highest BCUT2D eigenvalue weighted by Gasteiger charge is 2.22. The van der Waals surface area contributed by atoms with E-state index in [0.29, 0.717) is 23.8 Å². The van der Waals surface area contributed by atoms with Gasteiger partial charge < -0.3 is 5.32 Å². The fraction of sp³-hybridized carbons (Fsp3) is 0.235. The maximum atomic E-state index is 12.5. The summed E-state index contributed by atoms with van der Waals surface area (Å²) >= 11 is 0. The van der Waals surface area contributed by atoms with E-state index in [1.54, 1.807) is 26.0 Å². The zero-order valence-corrected chi connectivity index (χ0v) is 15.3. The van der Waals surface area contributed by atoms with Gasteiger partial charge in [0.2, 0.25) is 0 Å². The van der Waals surface area contributed by atoms with Gasteiger partial charge in [0.25, 0.3) is 10.0 Å². The number of aromatic amines is 1. The number of anilines is 2. The van der Waals surface area contributed by atoms with Crippen LogP contribution < -0.4 is 10.0 Å². The van der Waals surface area contributed by atoms with E-state index in [4.69, 9.17) is 0 Å². The molecule has 3 aromatic rings. The molecule has 1 aromatic carbocycles. The Hall–Kier alpha value is -2.94. The monoisotopic (exact) mass is 372 g/mol. The van der Waals surface area contributed by atoms with Crippen LogP contribution >= 0.6 is 0 Å². The van der Waals surface area contributed by atoms with Crippen molar-refractivity contribution in [3.8, 4) is 0 Å². The van der Waals surface area contributed by atoms with Crippen LogP contribution in [0.4, 0.5) is 11.6 Å². The number of nitrogens with zero attached hydrogens (tertiary/aromatic N) is 3. The largest absolute Gasteiger partial charge is 0.368 e. The Labute approximate surface area is 152 Å². The zero-order valence-electron chi connectivity index (χ0n) is 14.5. The Kier molecular flexibility index (Phi) is 5.17. The number of H-pyrrole nitrogens is 1. The van der Waals surface area contributed by atoms with Gasteiger partial charge in [-0.1, -0.05) is 30.3 Å². The molecule has 0 saturated carbocycles. The van der Waals surface area contributed by atoms with Crippen molar-refractivity contribution >= 4 is 21.7 Å². The van der Waals surface area contributed by atoms with Crippen LogP contribution in [0.25, 0.3) is 0 Å². The molecule has 2 heterocycles. The topological polar surface area (TPSA) is 113 Å². The first-order chi connectivity index (χ1) is 12.5. The minimum Gasteiger partial charge on any atom is -0.368 e. The van der Waals surface area contributed by atoms with Crippen molar-refractivity contribution in [3.05, 3.63) is 59.4 Å². The van der Waals surface area contributed by atoms with E-state index < -0.39 is 10.0 Å². The van der Waals surface area contributed by atoms with E-state index in [0.717, 1.165) is 6.42 Å². The normalized spacial score (nSPS) is 11.3. The predicted molar refractivity (Wildman–Crippen MR) is 99.5 cm³/mol. The van der Waals surface area contributed by atoms with Gasteiger partial charge in [-0.3, -0.25) is 9.82 Å². The second-order valence-electron chi connectivity index (χ2n) is 5.83. The third-order valence-corrected chi connectivity index (χ3v) is 5.41. The number of nitrogens with one attached hydrogen (secondary N) is 3. The lowest BCUT2D eigenvalue weighted by molar-refractivity contribution is 0.600. The summed E-state index contributed by atoms with van der Waals surface area (Å²) in [5, 5.41) is 17.7. The van der Waals surface area contributed by atoms with Gasteiger partial charge >= 0.3 is 0 Å². The van der Waals surface area contributed by atoms with Crippen LogP contribution in [0.15, 0.2) is 47.4 Å². The lowest BCUT2D eigenvalue weighted by Crippen LogP contribution is -2.16. The van der Waals surface area contributed by atoms with Gasteiger partial charge in [0.1, 0.15) is 10.7 Å². The van der Waals surface area contributed by atoms with Crippen molar-refractivity contribution < 1.29 is 8.42 Å². The average Bonchev–Trinajstić information content (AvgIpc) is 2.96. The van der Waals surface area contributed by atoms with E-state index in [-0.39, 0.29) is 10.7 Å². The Morgan fingerprint density at radius 1 is 1.00 bits per heavy atom. The predicted octanol–water partition coefficient (Wildman–Crippen LogP) is 2.27. The van der Waals surface area contributed by atoms with Crippen molar-refractivity contribution in [1.29, 1.82) is 0 Å². The summed E-state index contributed by atoms with van der Waals surface area (Å²) in [6.45, 7) is 3.99. The summed E-state index contributed by atoms with van der Waals surface area (Å²) in [7, 11) is -3.76. The molecule has 0 spiro atoms. The number of rotatable bonds is 7. The summed E-state index contributed by atoms with van der Waals surface area (Å²) < 4.78 is 27.3. The highest BCUT2D eigenvalue weighted by Crippen LogP contribution is 2.19. The molecule has 0 bridgehead atoms. The summed E-state index contributed by atoms with van der Waals surface area (Å²) in [6, 6.07) is 13.4. The highest BCUT2D eigenvalue weighted by molar-refractivity contribution is 7.92. The molecule has 0 fully saturated rings. The third kappa shape index (κ3) is 4.17. The Bertz CT molecular complexity index is 949. The molecule has 0 amide bonds. The van der Waals surface area contributed by atoms with Crippen molar-refractivity contribution in [2.45, 2.75) is 25.2 Å². The van der Waals surface area contributed by atoms with Crippen LogP contribution in [-0.4, -0.2) is 35.4 Å². The van der Waals surface area contributed by atoms with E-state index in [1.807, 2.05) is 18.2 Å². The standard InChI is InChI=1S/C17H20N6O2S/c1-12-17(13(2)20-19-12)26(24,25)23-16-9-8-15(21-22-16)18-11-10-14-6-4-3-5-7-14/h3-9H,10-11H2,1-2H3,(H,18,21)(H,19,20)(H,22,23). The van der Waals surface area contributed by atoms with Crippen LogP contribution in [0, 0.1) is 13.8 Å². The Morgan fingerprint density at radius 2 is 1.69 bits per heavy atom. The molecule has 0 atom stereocenters. The van der Waals surface area contributed by atoms with Crippen molar-refractivity contribution in [3.63, 3.8) is 0 Å². The number of aromatic nitrogens is 4. The number of aryl methyl sites for hydroxylation is 2. The average molecular weight is 372 g/mol. The van der Waals surface area contributed by atoms with Crippen LogP contribution in [-0.2, 0) is 16.4 Å². The van der Waals surface area contributed by atoms with Gasteiger partial charge in [-0.2, -0.15) is 5.10 Å². The maximum absolute atomic E-state index is 12.5. The third-order valence-electron chi connectivity index (χ3n) is 3.80. The molecule has 0 aliphatic heterocycles. The molecular weight excluding hydrogens is 352 g/mol. The number of sulfonamides is 1. The van der Waals surface area contributed by atoms with Crippen molar-refractivity contribution in [2.75, 3.05) is 16.6 Å². The molecule has 0 unspecified atom stereocenters. The summed E-state index contributed by atoms with van der Waals surface area (Å²) in [5.74, 6) is 0.734. The lowest BCUT2D eigenvalue weighted by Gasteiger charge is -2.08. The number of benzene rings is 1. The molecular formula is C17H20N6O2S.